The van der Waals surface area contributed by atoms with Gasteiger partial charge in [-0.1, -0.05) is 35.9 Å². The van der Waals surface area contributed by atoms with Gasteiger partial charge in [0.2, 0.25) is 0 Å². The number of anilines is 1. The number of halogens is 3. The van der Waals surface area contributed by atoms with E-state index in [1.165, 1.54) is 0 Å². The van der Waals surface area contributed by atoms with Gasteiger partial charge in [0.05, 0.1) is 5.02 Å². The molecule has 18 heavy (non-hydrogen) atoms. The van der Waals surface area contributed by atoms with Crippen LogP contribution in [0.2, 0.25) is 5.02 Å². The van der Waals surface area contributed by atoms with E-state index in [2.05, 4.69) is 21.2 Å². The molecule has 0 amide bonds. The zero-order valence-corrected chi connectivity index (χ0v) is 12.1. The third kappa shape index (κ3) is 2.85. The van der Waals surface area contributed by atoms with E-state index >= 15 is 0 Å². The summed E-state index contributed by atoms with van der Waals surface area (Å²) < 4.78 is 14.7. The minimum Gasteiger partial charge on any atom is -0.380 e. The van der Waals surface area contributed by atoms with Crippen molar-refractivity contribution in [1.82, 2.24) is 0 Å². The van der Waals surface area contributed by atoms with Crippen LogP contribution in [0, 0.1) is 12.7 Å². The molecule has 1 N–H and O–H groups in total. The van der Waals surface area contributed by atoms with Crippen LogP contribution in [0.4, 0.5) is 10.1 Å². The van der Waals surface area contributed by atoms with Crippen molar-refractivity contribution in [2.45, 2.75) is 13.5 Å². The van der Waals surface area contributed by atoms with Crippen molar-refractivity contribution in [3.05, 3.63) is 62.8 Å². The van der Waals surface area contributed by atoms with Crippen LogP contribution in [-0.4, -0.2) is 0 Å². The van der Waals surface area contributed by atoms with Gasteiger partial charge in [-0.15, -0.1) is 0 Å². The molecule has 0 saturated heterocycles. The molecule has 0 unspecified atom stereocenters. The van der Waals surface area contributed by atoms with Gasteiger partial charge in [-0.2, -0.15) is 0 Å². The predicted molar refractivity (Wildman–Crippen MR) is 77.6 cm³/mol. The molecule has 0 aliphatic heterocycles. The number of hydrogen-bond acceptors (Lipinski definition) is 1. The fourth-order valence-corrected chi connectivity index (χ4v) is 2.26. The minimum atomic E-state index is -0.365. The number of rotatable bonds is 3. The molecule has 0 aliphatic rings. The lowest BCUT2D eigenvalue weighted by molar-refractivity contribution is 0.613. The van der Waals surface area contributed by atoms with Crippen LogP contribution in [0.15, 0.2) is 40.9 Å². The van der Waals surface area contributed by atoms with E-state index in [0.717, 1.165) is 15.7 Å². The van der Waals surface area contributed by atoms with E-state index in [0.29, 0.717) is 12.1 Å². The van der Waals surface area contributed by atoms with Crippen LogP contribution in [0.1, 0.15) is 11.1 Å². The third-order valence-electron chi connectivity index (χ3n) is 2.69. The molecule has 94 valence electrons. The van der Waals surface area contributed by atoms with Gasteiger partial charge in [0.15, 0.2) is 0 Å². The Morgan fingerprint density at radius 2 is 1.94 bits per heavy atom. The molecule has 0 fully saturated rings. The van der Waals surface area contributed by atoms with Crippen molar-refractivity contribution < 1.29 is 4.39 Å². The Labute approximate surface area is 119 Å². The molecule has 0 radical (unpaired) electrons. The molecule has 0 spiro atoms. The summed E-state index contributed by atoms with van der Waals surface area (Å²) >= 11 is 9.24. The van der Waals surface area contributed by atoms with Gasteiger partial charge < -0.3 is 5.32 Å². The first kappa shape index (κ1) is 13.4. The second kappa shape index (κ2) is 5.72. The first-order valence-corrected chi connectivity index (χ1v) is 6.68. The van der Waals surface area contributed by atoms with Gasteiger partial charge in [0.25, 0.3) is 0 Å². The largest absolute Gasteiger partial charge is 0.380 e. The normalized spacial score (nSPS) is 10.4. The van der Waals surface area contributed by atoms with Crippen LogP contribution in [0.5, 0.6) is 0 Å². The van der Waals surface area contributed by atoms with Crippen LogP contribution in [-0.2, 0) is 6.54 Å². The molecular weight excluding hydrogens is 317 g/mol. The summed E-state index contributed by atoms with van der Waals surface area (Å²) in [6, 6.07) is 10.9. The molecule has 2 aromatic carbocycles. The van der Waals surface area contributed by atoms with E-state index in [-0.39, 0.29) is 10.8 Å². The van der Waals surface area contributed by atoms with Crippen molar-refractivity contribution >= 4 is 33.2 Å². The molecule has 4 heteroatoms. The highest BCUT2D eigenvalue weighted by Crippen LogP contribution is 2.27. The smallest absolute Gasteiger partial charge is 0.146 e. The highest BCUT2D eigenvalue weighted by atomic mass is 79.9. The fourth-order valence-electron chi connectivity index (χ4n) is 1.66. The summed E-state index contributed by atoms with van der Waals surface area (Å²) in [6.45, 7) is 2.41. The van der Waals surface area contributed by atoms with Crippen LogP contribution >= 0.6 is 27.5 Å². The second-order valence-electron chi connectivity index (χ2n) is 4.00. The molecule has 2 rings (SSSR count). The molecule has 0 saturated carbocycles. The zero-order valence-electron chi connectivity index (χ0n) is 9.81. The average Bonchev–Trinajstić information content (AvgIpc) is 2.36. The lowest BCUT2D eigenvalue weighted by atomic mass is 10.2. The summed E-state index contributed by atoms with van der Waals surface area (Å²) in [5.74, 6) is -0.365. The number of aryl methyl sites for hydroxylation is 1. The SMILES string of the molecule is Cc1cccc(NCc2cccc(Cl)c2F)c1Br. The number of nitrogens with one attached hydrogen (secondary N) is 1. The van der Waals surface area contributed by atoms with E-state index < -0.39 is 0 Å². The van der Waals surface area contributed by atoms with E-state index in [9.17, 15) is 4.39 Å². The average molecular weight is 329 g/mol. The Morgan fingerprint density at radius 3 is 2.72 bits per heavy atom. The fraction of sp³-hybridized carbons (Fsp3) is 0.143. The highest BCUT2D eigenvalue weighted by Gasteiger charge is 2.07. The van der Waals surface area contributed by atoms with Crippen molar-refractivity contribution in [1.29, 1.82) is 0 Å². The molecule has 0 heterocycles. The van der Waals surface area contributed by atoms with Crippen LogP contribution in [0.3, 0.4) is 0 Å². The number of benzene rings is 2. The molecule has 0 bridgehead atoms. The molecule has 1 nitrogen and oxygen atoms in total. The maximum atomic E-state index is 13.7. The highest BCUT2D eigenvalue weighted by molar-refractivity contribution is 9.10. The van der Waals surface area contributed by atoms with Gasteiger partial charge >= 0.3 is 0 Å². The van der Waals surface area contributed by atoms with Crippen LogP contribution in [0.25, 0.3) is 0 Å². The monoisotopic (exact) mass is 327 g/mol. The molecule has 0 aliphatic carbocycles. The lowest BCUT2D eigenvalue weighted by Gasteiger charge is -2.11. The Bertz CT molecular complexity index is 520. The van der Waals surface area contributed by atoms with Crippen molar-refractivity contribution in [3.63, 3.8) is 0 Å². The summed E-state index contributed by atoms with van der Waals surface area (Å²) in [5.41, 5.74) is 2.62. The van der Waals surface area contributed by atoms with Gasteiger partial charge in [-0.25, -0.2) is 4.39 Å². The quantitative estimate of drug-likeness (QED) is 0.820. The van der Waals surface area contributed by atoms with Gasteiger partial charge in [-0.3, -0.25) is 0 Å². The summed E-state index contributed by atoms with van der Waals surface area (Å²) in [5, 5.41) is 3.34. The first-order chi connectivity index (χ1) is 8.59. The Balaban J connectivity index is 2.17. The minimum absolute atomic E-state index is 0.151. The standard InChI is InChI=1S/C14H12BrClFN/c1-9-4-2-7-12(13(9)15)18-8-10-5-3-6-11(16)14(10)17/h2-7,18H,8H2,1H3. The van der Waals surface area contributed by atoms with Gasteiger partial charge in [0.1, 0.15) is 5.82 Å². The third-order valence-corrected chi connectivity index (χ3v) is 4.04. The molecule has 0 aromatic heterocycles. The first-order valence-electron chi connectivity index (χ1n) is 5.51. The molecule has 2 aromatic rings. The maximum Gasteiger partial charge on any atom is 0.146 e. The maximum absolute atomic E-state index is 13.7. The van der Waals surface area contributed by atoms with E-state index in [1.807, 2.05) is 25.1 Å². The Kier molecular flexibility index (Phi) is 4.25. The van der Waals surface area contributed by atoms with Crippen molar-refractivity contribution in [2.75, 3.05) is 5.32 Å². The van der Waals surface area contributed by atoms with E-state index in [4.69, 9.17) is 11.6 Å². The zero-order chi connectivity index (χ0) is 13.1. The van der Waals surface area contributed by atoms with Gasteiger partial charge in [-0.05, 0) is 40.5 Å². The number of hydrogen-bond donors (Lipinski definition) is 1. The van der Waals surface area contributed by atoms with Crippen molar-refractivity contribution in [3.8, 4) is 0 Å². The lowest BCUT2D eigenvalue weighted by Crippen LogP contribution is -2.03. The summed E-state index contributed by atoms with van der Waals surface area (Å²) in [6.07, 6.45) is 0. The summed E-state index contributed by atoms with van der Waals surface area (Å²) in [7, 11) is 0. The topological polar surface area (TPSA) is 12.0 Å². The van der Waals surface area contributed by atoms with Gasteiger partial charge in [0, 0.05) is 22.3 Å². The van der Waals surface area contributed by atoms with Crippen molar-refractivity contribution in [2.24, 2.45) is 0 Å². The molecule has 0 atom stereocenters. The Hall–Kier alpha value is -1.06. The van der Waals surface area contributed by atoms with Crippen LogP contribution < -0.4 is 5.32 Å². The summed E-state index contributed by atoms with van der Waals surface area (Å²) in [4.78, 5) is 0. The second-order valence-corrected chi connectivity index (χ2v) is 5.20. The predicted octanol–water partition coefficient (Wildman–Crippen LogP) is 5.16. The van der Waals surface area contributed by atoms with E-state index in [1.54, 1.807) is 18.2 Å². The Morgan fingerprint density at radius 1 is 1.22 bits per heavy atom. The molecular formula is C14H12BrClFN.